The Morgan fingerprint density at radius 2 is 1.96 bits per heavy atom. The van der Waals surface area contributed by atoms with E-state index in [4.69, 9.17) is 0 Å². The van der Waals surface area contributed by atoms with Gasteiger partial charge in [0, 0.05) is 24.3 Å². The molecule has 0 saturated heterocycles. The van der Waals surface area contributed by atoms with Crippen LogP contribution >= 0.6 is 0 Å². The number of rotatable bonds is 5. The van der Waals surface area contributed by atoms with Gasteiger partial charge in [0.2, 0.25) is 0 Å². The summed E-state index contributed by atoms with van der Waals surface area (Å²) in [7, 11) is 0. The Labute approximate surface area is 163 Å². The first-order chi connectivity index (χ1) is 13.7. The maximum Gasteiger partial charge on any atom is 0.256 e. The van der Waals surface area contributed by atoms with Crippen molar-refractivity contribution in [3.63, 3.8) is 0 Å². The molecule has 5 heteroatoms. The molecule has 1 aromatic carbocycles. The summed E-state index contributed by atoms with van der Waals surface area (Å²) in [6.45, 7) is 2.08. The maximum absolute atomic E-state index is 13.6. The van der Waals surface area contributed by atoms with Crippen molar-refractivity contribution >= 4 is 22.4 Å². The van der Waals surface area contributed by atoms with Crippen LogP contribution in [0.1, 0.15) is 28.5 Å². The van der Waals surface area contributed by atoms with E-state index in [1.165, 1.54) is 0 Å². The lowest BCUT2D eigenvalue weighted by molar-refractivity contribution is 0.0790. The van der Waals surface area contributed by atoms with E-state index in [0.29, 0.717) is 17.7 Å². The quantitative estimate of drug-likeness (QED) is 0.615. The van der Waals surface area contributed by atoms with Gasteiger partial charge in [0.15, 0.2) is 0 Å². The fourth-order valence-corrected chi connectivity index (χ4v) is 3.35. The minimum absolute atomic E-state index is 0.0924. The molecule has 0 unspecified atom stereocenters. The number of allylic oxidation sites excluding steroid dienone is 3. The summed E-state index contributed by atoms with van der Waals surface area (Å²) in [6, 6.07) is 13.5. The van der Waals surface area contributed by atoms with Crippen LogP contribution in [0.5, 0.6) is 0 Å². The Hall–Kier alpha value is -3.34. The van der Waals surface area contributed by atoms with E-state index in [9.17, 15) is 9.18 Å². The highest BCUT2D eigenvalue weighted by atomic mass is 19.1. The second-order valence-electron chi connectivity index (χ2n) is 6.88. The van der Waals surface area contributed by atoms with E-state index in [-0.39, 0.29) is 12.5 Å². The number of halogens is 1. The molecule has 3 aromatic rings. The molecule has 140 valence electrons. The van der Waals surface area contributed by atoms with Gasteiger partial charge >= 0.3 is 0 Å². The summed E-state index contributed by atoms with van der Waals surface area (Å²) < 4.78 is 13.6. The van der Waals surface area contributed by atoms with E-state index in [0.717, 1.165) is 27.7 Å². The number of fused-ring (bicyclic) bond motifs is 2. The first kappa shape index (κ1) is 18.0. The molecule has 1 aliphatic heterocycles. The molecule has 0 bridgehead atoms. The Bertz CT molecular complexity index is 1100. The first-order valence-electron chi connectivity index (χ1n) is 9.16. The van der Waals surface area contributed by atoms with Crippen molar-refractivity contribution in [2.75, 3.05) is 13.2 Å². The average molecular weight is 373 g/mol. The van der Waals surface area contributed by atoms with E-state index < -0.39 is 6.67 Å². The summed E-state index contributed by atoms with van der Waals surface area (Å²) in [5.41, 5.74) is 4.94. The van der Waals surface area contributed by atoms with E-state index in [2.05, 4.69) is 16.0 Å². The molecule has 0 saturated carbocycles. The predicted molar refractivity (Wildman–Crippen MR) is 108 cm³/mol. The minimum atomic E-state index is -0.598. The molecule has 3 heterocycles. The predicted octanol–water partition coefficient (Wildman–Crippen LogP) is 4.59. The second-order valence-corrected chi connectivity index (χ2v) is 6.88. The largest absolute Gasteiger partial charge is 0.329 e. The third kappa shape index (κ3) is 3.56. The Balaban J connectivity index is 1.52. The van der Waals surface area contributed by atoms with Crippen molar-refractivity contribution < 1.29 is 9.18 Å². The van der Waals surface area contributed by atoms with Crippen LogP contribution in [0.2, 0.25) is 0 Å². The zero-order valence-electron chi connectivity index (χ0n) is 15.6. The lowest BCUT2D eigenvalue weighted by Crippen LogP contribution is -2.26. The summed E-state index contributed by atoms with van der Waals surface area (Å²) in [5.74, 6) is -0.0924. The van der Waals surface area contributed by atoms with Crippen LogP contribution in [0.3, 0.4) is 0 Å². The van der Waals surface area contributed by atoms with Gasteiger partial charge in [-0.2, -0.15) is 0 Å². The van der Waals surface area contributed by atoms with Gasteiger partial charge in [-0.25, -0.2) is 4.39 Å². The molecular formula is C23H20FN3O. The monoisotopic (exact) mass is 373 g/mol. The SMILES string of the molecule is C/C(=C\C=C(/CF)CN1Cc2ncccc2C1=O)c1ccc2ncccc2c1. The van der Waals surface area contributed by atoms with Crippen LogP contribution in [-0.2, 0) is 6.54 Å². The molecule has 28 heavy (non-hydrogen) atoms. The fraction of sp³-hybridized carbons (Fsp3) is 0.174. The van der Waals surface area contributed by atoms with Crippen molar-refractivity contribution in [1.82, 2.24) is 14.9 Å². The summed E-state index contributed by atoms with van der Waals surface area (Å²) in [4.78, 5) is 22.6. The molecule has 0 fully saturated rings. The van der Waals surface area contributed by atoms with Gasteiger partial charge in [-0.05, 0) is 54.0 Å². The third-order valence-electron chi connectivity index (χ3n) is 4.94. The zero-order valence-corrected chi connectivity index (χ0v) is 15.6. The zero-order chi connectivity index (χ0) is 19.5. The van der Waals surface area contributed by atoms with Gasteiger partial charge in [0.25, 0.3) is 5.91 Å². The van der Waals surface area contributed by atoms with Crippen LogP contribution in [0.15, 0.2) is 72.6 Å². The number of pyridine rings is 2. The highest BCUT2D eigenvalue weighted by molar-refractivity contribution is 5.97. The van der Waals surface area contributed by atoms with Crippen molar-refractivity contribution in [3.05, 3.63) is 89.4 Å². The molecule has 0 spiro atoms. The number of carbonyl (C=O) groups is 1. The third-order valence-corrected chi connectivity index (χ3v) is 4.94. The van der Waals surface area contributed by atoms with Crippen molar-refractivity contribution in [2.24, 2.45) is 0 Å². The van der Waals surface area contributed by atoms with Gasteiger partial charge in [0.1, 0.15) is 6.67 Å². The number of hydrogen-bond donors (Lipinski definition) is 0. The maximum atomic E-state index is 13.6. The molecular weight excluding hydrogens is 353 g/mol. The lowest BCUT2D eigenvalue weighted by Gasteiger charge is -2.16. The number of alkyl halides is 1. The number of hydrogen-bond acceptors (Lipinski definition) is 3. The van der Waals surface area contributed by atoms with E-state index in [1.807, 2.05) is 37.3 Å². The van der Waals surface area contributed by atoms with Crippen molar-refractivity contribution in [2.45, 2.75) is 13.5 Å². The highest BCUT2D eigenvalue weighted by Crippen LogP contribution is 2.22. The molecule has 0 aliphatic carbocycles. The smallest absolute Gasteiger partial charge is 0.256 e. The lowest BCUT2D eigenvalue weighted by atomic mass is 10.0. The van der Waals surface area contributed by atoms with Gasteiger partial charge in [-0.3, -0.25) is 14.8 Å². The highest BCUT2D eigenvalue weighted by Gasteiger charge is 2.28. The van der Waals surface area contributed by atoms with Gasteiger partial charge in [-0.15, -0.1) is 0 Å². The number of carbonyl (C=O) groups excluding carboxylic acids is 1. The first-order valence-corrected chi connectivity index (χ1v) is 9.16. The number of amides is 1. The second kappa shape index (κ2) is 7.72. The normalized spacial score (nSPS) is 14.6. The van der Waals surface area contributed by atoms with Crippen LogP contribution in [-0.4, -0.2) is 34.0 Å². The summed E-state index contributed by atoms with van der Waals surface area (Å²) in [5, 5.41) is 1.07. The van der Waals surface area contributed by atoms with E-state index in [1.54, 1.807) is 35.5 Å². The summed E-state index contributed by atoms with van der Waals surface area (Å²) >= 11 is 0. The Kier molecular flexibility index (Phi) is 4.98. The van der Waals surface area contributed by atoms with Gasteiger partial charge in [0.05, 0.1) is 23.3 Å². The molecule has 2 aromatic heterocycles. The van der Waals surface area contributed by atoms with Crippen LogP contribution in [0.4, 0.5) is 4.39 Å². The number of aromatic nitrogens is 2. The number of nitrogens with zero attached hydrogens (tertiary/aromatic N) is 3. The van der Waals surface area contributed by atoms with Crippen molar-refractivity contribution in [1.29, 1.82) is 0 Å². The van der Waals surface area contributed by atoms with Crippen LogP contribution in [0.25, 0.3) is 16.5 Å². The minimum Gasteiger partial charge on any atom is -0.329 e. The molecule has 1 amide bonds. The Morgan fingerprint density at radius 3 is 2.79 bits per heavy atom. The average Bonchev–Trinajstić information content (AvgIpc) is 3.06. The van der Waals surface area contributed by atoms with E-state index >= 15 is 0 Å². The molecule has 4 nitrogen and oxygen atoms in total. The fourth-order valence-electron chi connectivity index (χ4n) is 3.35. The van der Waals surface area contributed by atoms with Crippen LogP contribution < -0.4 is 0 Å². The molecule has 4 rings (SSSR count). The molecule has 0 N–H and O–H groups in total. The Morgan fingerprint density at radius 1 is 1.14 bits per heavy atom. The number of benzene rings is 1. The van der Waals surface area contributed by atoms with Crippen molar-refractivity contribution in [3.8, 4) is 0 Å². The van der Waals surface area contributed by atoms with Crippen LogP contribution in [0, 0.1) is 0 Å². The standard InChI is InChI=1S/C23H20FN3O/c1-16(18-8-9-21-19(12-18)4-2-10-25-21)6-7-17(13-24)14-27-15-22-20(23(27)28)5-3-11-26-22/h2-12H,13-15H2,1H3/b16-6+,17-7+. The molecule has 1 aliphatic rings. The topological polar surface area (TPSA) is 46.1 Å². The van der Waals surface area contributed by atoms with Gasteiger partial charge < -0.3 is 4.90 Å². The molecule has 0 radical (unpaired) electrons. The molecule has 0 atom stereocenters. The van der Waals surface area contributed by atoms with Gasteiger partial charge in [-0.1, -0.05) is 24.3 Å². The summed E-state index contributed by atoms with van der Waals surface area (Å²) in [6.07, 6.45) is 7.12.